The zero-order chi connectivity index (χ0) is 10.0. The summed E-state index contributed by atoms with van der Waals surface area (Å²) in [5.41, 5.74) is 8.59. The molecule has 4 heteroatoms. The summed E-state index contributed by atoms with van der Waals surface area (Å²) in [5, 5.41) is 12.0. The molecule has 1 aromatic heterocycles. The van der Waals surface area contributed by atoms with Gasteiger partial charge in [-0.2, -0.15) is 0 Å². The number of hydrogen-bond acceptors (Lipinski definition) is 4. The number of nitrogens with zero attached hydrogens (tertiary/aromatic N) is 1. The molecule has 14 heavy (non-hydrogen) atoms. The summed E-state index contributed by atoms with van der Waals surface area (Å²) in [4.78, 5) is 4.26. The fourth-order valence-electron chi connectivity index (χ4n) is 2.32. The number of hydrogen-bond donors (Lipinski definition) is 2. The average Bonchev–Trinajstić information content (AvgIpc) is 2.79. The highest BCUT2D eigenvalue weighted by atomic mass is 32.1. The molecule has 1 aliphatic rings. The molecule has 1 aromatic rings. The van der Waals surface area contributed by atoms with Crippen LogP contribution in [0.3, 0.4) is 0 Å². The summed E-state index contributed by atoms with van der Waals surface area (Å²) in [6, 6.07) is 0. The van der Waals surface area contributed by atoms with Gasteiger partial charge in [-0.15, -0.1) is 11.3 Å². The van der Waals surface area contributed by atoms with E-state index < -0.39 is 0 Å². The molecular formula is C10H16N2OS. The van der Waals surface area contributed by atoms with Crippen LogP contribution in [0, 0.1) is 5.41 Å². The minimum absolute atomic E-state index is 0.103. The first kappa shape index (κ1) is 10.1. The second-order valence-electron chi connectivity index (χ2n) is 4.13. The first-order chi connectivity index (χ1) is 6.77. The lowest BCUT2D eigenvalue weighted by Gasteiger charge is -2.30. The van der Waals surface area contributed by atoms with Gasteiger partial charge in [0.25, 0.3) is 0 Å². The summed E-state index contributed by atoms with van der Waals surface area (Å²) in [6.45, 7) is 0.561. The summed E-state index contributed by atoms with van der Waals surface area (Å²) in [5.74, 6) is 0. The Bertz CT molecular complexity index is 288. The number of aliphatic hydroxyl groups is 1. The predicted molar refractivity (Wildman–Crippen MR) is 57.2 cm³/mol. The molecular weight excluding hydrogens is 196 g/mol. The van der Waals surface area contributed by atoms with Gasteiger partial charge >= 0.3 is 0 Å². The van der Waals surface area contributed by atoms with Gasteiger partial charge in [-0.3, -0.25) is 0 Å². The monoisotopic (exact) mass is 212 g/mol. The van der Waals surface area contributed by atoms with E-state index in [0.717, 1.165) is 31.4 Å². The molecule has 0 aromatic carbocycles. The van der Waals surface area contributed by atoms with Crippen LogP contribution in [-0.2, 0) is 6.42 Å². The van der Waals surface area contributed by atoms with Gasteiger partial charge in [-0.1, -0.05) is 6.42 Å². The molecule has 2 rings (SSSR count). The van der Waals surface area contributed by atoms with Crippen LogP contribution >= 0.6 is 11.3 Å². The number of aliphatic hydroxyl groups excluding tert-OH is 1. The number of thiazole rings is 1. The van der Waals surface area contributed by atoms with E-state index in [4.69, 9.17) is 5.73 Å². The highest BCUT2D eigenvalue weighted by Gasteiger charge is 2.41. The Balaban J connectivity index is 2.13. The second-order valence-corrected chi connectivity index (χ2v) is 4.85. The van der Waals surface area contributed by atoms with Gasteiger partial charge in [-0.05, 0) is 19.3 Å². The summed E-state index contributed by atoms with van der Waals surface area (Å²) >= 11 is 1.60. The van der Waals surface area contributed by atoms with Crippen LogP contribution in [0.15, 0.2) is 10.9 Å². The second kappa shape index (κ2) is 3.96. The third-order valence-corrected chi connectivity index (χ3v) is 3.92. The van der Waals surface area contributed by atoms with Crippen LogP contribution in [0.2, 0.25) is 0 Å². The predicted octanol–water partition coefficient (Wildman–Crippen LogP) is 1.18. The van der Waals surface area contributed by atoms with Gasteiger partial charge < -0.3 is 10.8 Å². The van der Waals surface area contributed by atoms with Gasteiger partial charge in [-0.25, -0.2) is 4.98 Å². The number of aromatic nitrogens is 1. The minimum atomic E-state index is -0.241. The third-order valence-electron chi connectivity index (χ3n) is 3.28. The van der Waals surface area contributed by atoms with Crippen molar-refractivity contribution in [3.05, 3.63) is 16.6 Å². The van der Waals surface area contributed by atoms with Crippen molar-refractivity contribution in [1.82, 2.24) is 4.98 Å². The fraction of sp³-hybridized carbons (Fsp3) is 0.700. The molecule has 0 radical (unpaired) electrons. The number of rotatable bonds is 3. The smallest absolute Gasteiger partial charge is 0.0794 e. The van der Waals surface area contributed by atoms with E-state index in [1.165, 1.54) is 0 Å². The Morgan fingerprint density at radius 2 is 2.57 bits per heavy atom. The standard InChI is InChI=1S/C10H16N2OS/c11-6-10(3-1-2-9(10)13)4-8-5-14-7-12-8/h5,7,9,13H,1-4,6,11H2. The zero-order valence-corrected chi connectivity index (χ0v) is 8.96. The largest absolute Gasteiger partial charge is 0.392 e. The molecule has 1 saturated carbocycles. The molecule has 3 N–H and O–H groups in total. The van der Waals surface area contributed by atoms with Crippen molar-refractivity contribution in [2.45, 2.75) is 31.8 Å². The quantitative estimate of drug-likeness (QED) is 0.791. The lowest BCUT2D eigenvalue weighted by atomic mass is 9.80. The Morgan fingerprint density at radius 1 is 1.71 bits per heavy atom. The van der Waals surface area contributed by atoms with E-state index in [1.807, 2.05) is 10.9 Å². The molecule has 2 unspecified atom stereocenters. The molecule has 0 amide bonds. The van der Waals surface area contributed by atoms with Crippen LogP contribution in [0.25, 0.3) is 0 Å². The summed E-state index contributed by atoms with van der Waals surface area (Å²) in [7, 11) is 0. The van der Waals surface area contributed by atoms with E-state index in [1.54, 1.807) is 11.3 Å². The molecule has 1 heterocycles. The molecule has 0 saturated heterocycles. The highest BCUT2D eigenvalue weighted by molar-refractivity contribution is 7.07. The lowest BCUT2D eigenvalue weighted by Crippen LogP contribution is -2.39. The number of nitrogens with two attached hydrogens (primary N) is 1. The van der Waals surface area contributed by atoms with E-state index >= 15 is 0 Å². The van der Waals surface area contributed by atoms with E-state index in [2.05, 4.69) is 4.98 Å². The Hall–Kier alpha value is -0.450. The van der Waals surface area contributed by atoms with Crippen molar-refractivity contribution in [2.24, 2.45) is 11.1 Å². The molecule has 2 atom stereocenters. The summed E-state index contributed by atoms with van der Waals surface area (Å²) in [6.07, 6.45) is 3.59. The third kappa shape index (κ3) is 1.69. The minimum Gasteiger partial charge on any atom is -0.392 e. The normalized spacial score (nSPS) is 32.3. The van der Waals surface area contributed by atoms with Gasteiger partial charge in [0.15, 0.2) is 0 Å². The molecule has 3 nitrogen and oxygen atoms in total. The van der Waals surface area contributed by atoms with Crippen LogP contribution in [0.1, 0.15) is 25.0 Å². The highest BCUT2D eigenvalue weighted by Crippen LogP contribution is 2.40. The van der Waals surface area contributed by atoms with E-state index in [0.29, 0.717) is 6.54 Å². The van der Waals surface area contributed by atoms with Gasteiger partial charge in [0.1, 0.15) is 0 Å². The van der Waals surface area contributed by atoms with Crippen molar-refractivity contribution in [2.75, 3.05) is 6.54 Å². The maximum absolute atomic E-state index is 9.93. The van der Waals surface area contributed by atoms with E-state index in [-0.39, 0.29) is 11.5 Å². The van der Waals surface area contributed by atoms with Crippen molar-refractivity contribution >= 4 is 11.3 Å². The first-order valence-electron chi connectivity index (χ1n) is 5.02. The van der Waals surface area contributed by atoms with Crippen molar-refractivity contribution in [3.63, 3.8) is 0 Å². The van der Waals surface area contributed by atoms with E-state index in [9.17, 15) is 5.11 Å². The zero-order valence-electron chi connectivity index (χ0n) is 8.15. The first-order valence-corrected chi connectivity index (χ1v) is 5.96. The Labute approximate surface area is 88.0 Å². The van der Waals surface area contributed by atoms with Crippen molar-refractivity contribution in [1.29, 1.82) is 0 Å². The van der Waals surface area contributed by atoms with Crippen molar-refractivity contribution in [3.8, 4) is 0 Å². The van der Waals surface area contributed by atoms with Crippen LogP contribution < -0.4 is 5.73 Å². The molecule has 0 bridgehead atoms. The summed E-state index contributed by atoms with van der Waals surface area (Å²) < 4.78 is 0. The molecule has 0 spiro atoms. The van der Waals surface area contributed by atoms with Gasteiger partial charge in [0.2, 0.25) is 0 Å². The molecule has 1 fully saturated rings. The lowest BCUT2D eigenvalue weighted by molar-refractivity contribution is 0.0582. The topological polar surface area (TPSA) is 59.1 Å². The van der Waals surface area contributed by atoms with Gasteiger partial charge in [0.05, 0.1) is 17.3 Å². The SMILES string of the molecule is NCC1(Cc2cscn2)CCCC1O. The maximum atomic E-state index is 9.93. The van der Waals surface area contributed by atoms with Crippen LogP contribution in [0.4, 0.5) is 0 Å². The van der Waals surface area contributed by atoms with Gasteiger partial charge in [0, 0.05) is 17.3 Å². The van der Waals surface area contributed by atoms with Crippen LogP contribution in [0.5, 0.6) is 0 Å². The molecule has 78 valence electrons. The van der Waals surface area contributed by atoms with Crippen molar-refractivity contribution < 1.29 is 5.11 Å². The fourth-order valence-corrected chi connectivity index (χ4v) is 2.88. The molecule has 1 aliphatic carbocycles. The average molecular weight is 212 g/mol. The Kier molecular flexibility index (Phi) is 2.85. The van der Waals surface area contributed by atoms with Crippen LogP contribution in [-0.4, -0.2) is 22.7 Å². The Morgan fingerprint density at radius 3 is 3.07 bits per heavy atom. The molecule has 0 aliphatic heterocycles. The maximum Gasteiger partial charge on any atom is 0.0794 e.